The molecule has 1 aliphatic rings. The third kappa shape index (κ3) is 3.44. The van der Waals surface area contributed by atoms with Crippen molar-refractivity contribution in [3.63, 3.8) is 0 Å². The molecule has 0 aromatic carbocycles. The van der Waals surface area contributed by atoms with E-state index in [9.17, 15) is 9.59 Å². The van der Waals surface area contributed by atoms with Crippen LogP contribution in [0.2, 0.25) is 0 Å². The van der Waals surface area contributed by atoms with Gasteiger partial charge in [0.05, 0.1) is 0 Å². The van der Waals surface area contributed by atoms with Gasteiger partial charge in [-0.15, -0.1) is 0 Å². The molecule has 1 unspecified atom stereocenters. The number of carbonyl (C=O) groups is 2. The molecule has 1 saturated heterocycles. The van der Waals surface area contributed by atoms with Crippen LogP contribution in [0.1, 0.15) is 32.6 Å². The van der Waals surface area contributed by atoms with E-state index in [1.807, 2.05) is 6.92 Å². The van der Waals surface area contributed by atoms with Crippen molar-refractivity contribution in [2.24, 2.45) is 0 Å². The second-order valence-corrected chi connectivity index (χ2v) is 3.36. The van der Waals surface area contributed by atoms with Gasteiger partial charge in [-0.3, -0.25) is 9.59 Å². The van der Waals surface area contributed by atoms with Crippen LogP contribution in [0.15, 0.2) is 0 Å². The number of carbonyl (C=O) groups excluding carboxylic acids is 2. The van der Waals surface area contributed by atoms with Crippen molar-refractivity contribution in [2.75, 3.05) is 6.54 Å². The van der Waals surface area contributed by atoms with Crippen LogP contribution < -0.4 is 10.6 Å². The van der Waals surface area contributed by atoms with E-state index in [-0.39, 0.29) is 17.9 Å². The Kier molecular flexibility index (Phi) is 3.73. The highest BCUT2D eigenvalue weighted by Crippen LogP contribution is 2.03. The molecule has 0 radical (unpaired) electrons. The summed E-state index contributed by atoms with van der Waals surface area (Å²) in [6.45, 7) is 2.64. The molecule has 74 valence electrons. The molecule has 0 bridgehead atoms. The zero-order valence-corrected chi connectivity index (χ0v) is 7.93. The first kappa shape index (κ1) is 10.0. The maximum Gasteiger partial charge on any atom is 0.222 e. The summed E-state index contributed by atoms with van der Waals surface area (Å²) in [6, 6.07) is 0.0489. The van der Waals surface area contributed by atoms with Crippen LogP contribution >= 0.6 is 0 Å². The second-order valence-electron chi connectivity index (χ2n) is 3.36. The summed E-state index contributed by atoms with van der Waals surface area (Å²) in [5.41, 5.74) is 0. The number of nitrogens with one attached hydrogen (secondary N) is 2. The molecule has 0 aliphatic carbocycles. The summed E-state index contributed by atoms with van der Waals surface area (Å²) < 4.78 is 0. The maximum absolute atomic E-state index is 11.2. The highest BCUT2D eigenvalue weighted by molar-refractivity contribution is 5.80. The van der Waals surface area contributed by atoms with Crippen molar-refractivity contribution < 1.29 is 9.59 Å². The fourth-order valence-corrected chi connectivity index (χ4v) is 1.43. The predicted octanol–water partition coefficient (Wildman–Crippen LogP) is 0.181. The van der Waals surface area contributed by atoms with Crippen LogP contribution in [0, 0.1) is 0 Å². The lowest BCUT2D eigenvalue weighted by Gasteiger charge is -2.22. The summed E-state index contributed by atoms with van der Waals surface area (Å²) in [5, 5.41) is 5.58. The smallest absolute Gasteiger partial charge is 0.222 e. The Morgan fingerprint density at radius 3 is 3.08 bits per heavy atom. The molecular weight excluding hydrogens is 168 g/mol. The van der Waals surface area contributed by atoms with Gasteiger partial charge in [0.1, 0.15) is 0 Å². The Bertz CT molecular complexity index is 204. The van der Waals surface area contributed by atoms with E-state index in [1.165, 1.54) is 0 Å². The van der Waals surface area contributed by atoms with Crippen LogP contribution in [-0.4, -0.2) is 24.4 Å². The molecule has 2 amide bonds. The molecule has 4 nitrogen and oxygen atoms in total. The molecule has 0 spiro atoms. The third-order valence-electron chi connectivity index (χ3n) is 2.09. The van der Waals surface area contributed by atoms with E-state index in [2.05, 4.69) is 10.6 Å². The van der Waals surface area contributed by atoms with Gasteiger partial charge in [0.15, 0.2) is 0 Å². The van der Waals surface area contributed by atoms with Gasteiger partial charge >= 0.3 is 0 Å². The molecule has 0 aromatic heterocycles. The SMILES string of the molecule is CCCC(=O)NC1CCNC(=O)C1. The number of amides is 2. The molecule has 0 saturated carbocycles. The first-order valence-electron chi connectivity index (χ1n) is 4.78. The number of rotatable bonds is 3. The first-order chi connectivity index (χ1) is 6.22. The zero-order chi connectivity index (χ0) is 9.68. The van der Waals surface area contributed by atoms with Gasteiger partial charge in [-0.1, -0.05) is 6.92 Å². The van der Waals surface area contributed by atoms with Crippen molar-refractivity contribution in [1.29, 1.82) is 0 Å². The lowest BCUT2D eigenvalue weighted by Crippen LogP contribution is -2.45. The molecule has 1 heterocycles. The second kappa shape index (κ2) is 4.84. The average molecular weight is 184 g/mol. The quantitative estimate of drug-likeness (QED) is 0.657. The van der Waals surface area contributed by atoms with Gasteiger partial charge in [-0.05, 0) is 12.8 Å². The standard InChI is InChI=1S/C9H16N2O2/c1-2-3-8(12)11-7-4-5-10-9(13)6-7/h7H,2-6H2,1H3,(H,10,13)(H,11,12). The molecule has 1 atom stereocenters. The summed E-state index contributed by atoms with van der Waals surface area (Å²) in [6.07, 6.45) is 2.68. The minimum atomic E-state index is 0.0352. The van der Waals surface area contributed by atoms with E-state index in [0.717, 1.165) is 12.8 Å². The lowest BCUT2D eigenvalue weighted by atomic mass is 10.1. The normalized spacial score (nSPS) is 22.2. The van der Waals surface area contributed by atoms with E-state index in [1.54, 1.807) is 0 Å². The minimum Gasteiger partial charge on any atom is -0.356 e. The van der Waals surface area contributed by atoms with Crippen LogP contribution in [0.4, 0.5) is 0 Å². The van der Waals surface area contributed by atoms with Crippen LogP contribution in [0.25, 0.3) is 0 Å². The number of hydrogen-bond donors (Lipinski definition) is 2. The number of piperidine rings is 1. The lowest BCUT2D eigenvalue weighted by molar-refractivity contribution is -0.124. The topological polar surface area (TPSA) is 58.2 Å². The highest BCUT2D eigenvalue weighted by Gasteiger charge is 2.19. The Balaban J connectivity index is 2.27. The van der Waals surface area contributed by atoms with Crippen molar-refractivity contribution >= 4 is 11.8 Å². The van der Waals surface area contributed by atoms with Gasteiger partial charge < -0.3 is 10.6 Å². The van der Waals surface area contributed by atoms with Crippen LogP contribution in [-0.2, 0) is 9.59 Å². The summed E-state index contributed by atoms with van der Waals surface area (Å²) in [5.74, 6) is 0.0928. The molecular formula is C9H16N2O2. The van der Waals surface area contributed by atoms with Crippen molar-refractivity contribution in [3.05, 3.63) is 0 Å². The molecule has 2 N–H and O–H groups in total. The van der Waals surface area contributed by atoms with Gasteiger partial charge in [-0.25, -0.2) is 0 Å². The Labute approximate surface area is 78.1 Å². The van der Waals surface area contributed by atoms with Gasteiger partial charge in [0, 0.05) is 25.4 Å². The fraction of sp³-hybridized carbons (Fsp3) is 0.778. The van der Waals surface area contributed by atoms with Crippen molar-refractivity contribution in [2.45, 2.75) is 38.6 Å². The summed E-state index contributed by atoms with van der Waals surface area (Å²) in [4.78, 5) is 22.1. The van der Waals surface area contributed by atoms with Gasteiger partial charge in [-0.2, -0.15) is 0 Å². The van der Waals surface area contributed by atoms with E-state index in [4.69, 9.17) is 0 Å². The predicted molar refractivity (Wildman–Crippen MR) is 49.1 cm³/mol. The minimum absolute atomic E-state index is 0.0352. The van der Waals surface area contributed by atoms with Crippen molar-refractivity contribution in [1.82, 2.24) is 10.6 Å². The summed E-state index contributed by atoms with van der Waals surface area (Å²) >= 11 is 0. The molecule has 13 heavy (non-hydrogen) atoms. The van der Waals surface area contributed by atoms with Gasteiger partial charge in [0.25, 0.3) is 0 Å². The largest absolute Gasteiger partial charge is 0.356 e. The average Bonchev–Trinajstić information content (AvgIpc) is 2.04. The van der Waals surface area contributed by atoms with E-state index >= 15 is 0 Å². The Hall–Kier alpha value is -1.06. The molecule has 1 fully saturated rings. The molecule has 1 aliphatic heterocycles. The monoisotopic (exact) mass is 184 g/mol. The van der Waals surface area contributed by atoms with Gasteiger partial charge in [0.2, 0.25) is 11.8 Å². The first-order valence-corrected chi connectivity index (χ1v) is 4.78. The Morgan fingerprint density at radius 1 is 1.69 bits per heavy atom. The number of hydrogen-bond acceptors (Lipinski definition) is 2. The highest BCUT2D eigenvalue weighted by atomic mass is 16.2. The fourth-order valence-electron chi connectivity index (χ4n) is 1.43. The maximum atomic E-state index is 11.2. The van der Waals surface area contributed by atoms with Crippen molar-refractivity contribution in [3.8, 4) is 0 Å². The van der Waals surface area contributed by atoms with Crippen LogP contribution in [0.5, 0.6) is 0 Å². The third-order valence-corrected chi connectivity index (χ3v) is 2.09. The Morgan fingerprint density at radius 2 is 2.46 bits per heavy atom. The molecule has 4 heteroatoms. The van der Waals surface area contributed by atoms with E-state index in [0.29, 0.717) is 19.4 Å². The zero-order valence-electron chi connectivity index (χ0n) is 7.93. The van der Waals surface area contributed by atoms with E-state index < -0.39 is 0 Å². The molecule has 1 rings (SSSR count). The van der Waals surface area contributed by atoms with Crippen LogP contribution in [0.3, 0.4) is 0 Å². The molecule has 0 aromatic rings. The summed E-state index contributed by atoms with van der Waals surface area (Å²) in [7, 11) is 0.